The van der Waals surface area contributed by atoms with E-state index in [9.17, 15) is 18.8 Å². The van der Waals surface area contributed by atoms with E-state index in [0.717, 1.165) is 22.7 Å². The molecule has 3 aromatic carbocycles. The van der Waals surface area contributed by atoms with E-state index >= 15 is 0 Å². The molecule has 0 aliphatic carbocycles. The summed E-state index contributed by atoms with van der Waals surface area (Å²) in [4.78, 5) is 38.8. The highest BCUT2D eigenvalue weighted by Crippen LogP contribution is 2.35. The van der Waals surface area contributed by atoms with Gasteiger partial charge in [-0.15, -0.1) is 0 Å². The quantitative estimate of drug-likeness (QED) is 0.207. The van der Waals surface area contributed by atoms with Gasteiger partial charge in [-0.25, -0.2) is 9.18 Å². The fourth-order valence-electron chi connectivity index (χ4n) is 3.27. The van der Waals surface area contributed by atoms with Gasteiger partial charge in [-0.2, -0.15) is 0 Å². The Labute approximate surface area is 215 Å². The predicted molar refractivity (Wildman–Crippen MR) is 134 cm³/mol. The number of hydrogen-bond donors (Lipinski definition) is 0. The molecule has 1 saturated heterocycles. The summed E-state index contributed by atoms with van der Waals surface area (Å²) < 4.78 is 30.0. The second kappa shape index (κ2) is 11.3. The number of carbonyl (C=O) groups is 3. The Morgan fingerprint density at radius 2 is 1.81 bits per heavy atom. The van der Waals surface area contributed by atoms with Crippen LogP contribution in [0, 0.1) is 5.82 Å². The van der Waals surface area contributed by atoms with Crippen LogP contribution in [0.15, 0.2) is 71.6 Å². The monoisotopic (exact) mass is 527 g/mol. The van der Waals surface area contributed by atoms with Gasteiger partial charge in [0.25, 0.3) is 11.1 Å². The van der Waals surface area contributed by atoms with Gasteiger partial charge in [0, 0.05) is 5.02 Å². The maximum Gasteiger partial charge on any atom is 0.346 e. The molecule has 0 bridgehead atoms. The first kappa shape index (κ1) is 25.3. The van der Waals surface area contributed by atoms with E-state index in [1.165, 1.54) is 37.5 Å². The summed E-state index contributed by atoms with van der Waals surface area (Å²) in [7, 11) is 1.38. The first-order valence-corrected chi connectivity index (χ1v) is 11.8. The summed E-state index contributed by atoms with van der Waals surface area (Å²) >= 11 is 6.66. The second-order valence-corrected chi connectivity index (χ2v) is 8.85. The van der Waals surface area contributed by atoms with Gasteiger partial charge >= 0.3 is 5.97 Å². The maximum atomic E-state index is 13.9. The summed E-state index contributed by atoms with van der Waals surface area (Å²) in [6.07, 6.45) is 1.54. The van der Waals surface area contributed by atoms with Crippen molar-refractivity contribution in [2.45, 2.75) is 0 Å². The largest absolute Gasteiger partial charge is 0.493 e. The molecule has 1 aliphatic heterocycles. The lowest BCUT2D eigenvalue weighted by Crippen LogP contribution is -2.32. The molecule has 4 rings (SSSR count). The van der Waals surface area contributed by atoms with Crippen LogP contribution in [-0.2, 0) is 4.79 Å². The van der Waals surface area contributed by atoms with E-state index in [2.05, 4.69) is 0 Å². The zero-order chi connectivity index (χ0) is 25.7. The second-order valence-electron chi connectivity index (χ2n) is 7.42. The number of amides is 2. The third-order valence-corrected chi connectivity index (χ3v) is 6.21. The fraction of sp³-hybridized carbons (Fsp3) is 0.115. The first-order valence-electron chi connectivity index (χ1n) is 10.6. The molecule has 0 spiro atoms. The Hall–Kier alpha value is -3.82. The van der Waals surface area contributed by atoms with Crippen LogP contribution < -0.4 is 14.2 Å². The number of ether oxygens (including phenoxy) is 3. The van der Waals surface area contributed by atoms with E-state index in [-0.39, 0.29) is 35.1 Å². The Balaban J connectivity index is 1.43. The van der Waals surface area contributed by atoms with Gasteiger partial charge in [0.2, 0.25) is 0 Å². The van der Waals surface area contributed by atoms with Gasteiger partial charge in [0.05, 0.1) is 24.1 Å². The van der Waals surface area contributed by atoms with Crippen LogP contribution in [0.1, 0.15) is 15.9 Å². The van der Waals surface area contributed by atoms with Crippen LogP contribution in [0.4, 0.5) is 9.18 Å². The van der Waals surface area contributed by atoms with Crippen molar-refractivity contribution in [1.29, 1.82) is 0 Å². The van der Waals surface area contributed by atoms with E-state index in [4.69, 9.17) is 25.8 Å². The molecular formula is C26H19ClFNO6S. The number of esters is 1. The normalized spacial score (nSPS) is 14.3. The molecule has 1 aliphatic rings. The Morgan fingerprint density at radius 3 is 2.53 bits per heavy atom. The third kappa shape index (κ3) is 5.87. The molecular weight excluding hydrogens is 509 g/mol. The number of methoxy groups -OCH3 is 1. The van der Waals surface area contributed by atoms with E-state index < -0.39 is 22.9 Å². The zero-order valence-corrected chi connectivity index (χ0v) is 20.5. The summed E-state index contributed by atoms with van der Waals surface area (Å²) in [5, 5.41) is 0.166. The Morgan fingerprint density at radius 1 is 1.06 bits per heavy atom. The van der Waals surface area contributed by atoms with Crippen LogP contribution in [0.3, 0.4) is 0 Å². The molecule has 7 nitrogen and oxygen atoms in total. The van der Waals surface area contributed by atoms with Crippen molar-refractivity contribution in [3.05, 3.63) is 93.6 Å². The summed E-state index contributed by atoms with van der Waals surface area (Å²) in [5.41, 5.74) is 0.331. The van der Waals surface area contributed by atoms with Crippen molar-refractivity contribution >= 4 is 46.6 Å². The minimum Gasteiger partial charge on any atom is -0.493 e. The van der Waals surface area contributed by atoms with Crippen LogP contribution in [0.5, 0.6) is 17.2 Å². The van der Waals surface area contributed by atoms with Crippen molar-refractivity contribution in [2.75, 3.05) is 20.3 Å². The van der Waals surface area contributed by atoms with E-state index in [1.807, 2.05) is 0 Å². The lowest BCUT2D eigenvalue weighted by molar-refractivity contribution is -0.123. The average Bonchev–Trinajstić information content (AvgIpc) is 3.13. The molecule has 0 unspecified atom stereocenters. The third-order valence-electron chi connectivity index (χ3n) is 5.05. The van der Waals surface area contributed by atoms with Gasteiger partial charge < -0.3 is 14.2 Å². The molecule has 36 heavy (non-hydrogen) atoms. The summed E-state index contributed by atoms with van der Waals surface area (Å²) in [6.45, 7) is 0.210. The minimum atomic E-state index is -0.874. The zero-order valence-electron chi connectivity index (χ0n) is 18.9. The van der Waals surface area contributed by atoms with Crippen molar-refractivity contribution in [1.82, 2.24) is 4.90 Å². The van der Waals surface area contributed by atoms with Crippen molar-refractivity contribution in [3.63, 3.8) is 0 Å². The molecule has 1 heterocycles. The number of imide groups is 1. The molecule has 2 amide bonds. The highest BCUT2D eigenvalue weighted by molar-refractivity contribution is 8.18. The lowest BCUT2D eigenvalue weighted by Gasteiger charge is -2.13. The molecule has 0 saturated carbocycles. The summed E-state index contributed by atoms with van der Waals surface area (Å²) in [6, 6.07) is 16.8. The van der Waals surface area contributed by atoms with Gasteiger partial charge in [0.1, 0.15) is 18.2 Å². The molecule has 10 heteroatoms. The van der Waals surface area contributed by atoms with E-state index in [1.54, 1.807) is 36.4 Å². The number of nitrogens with zero attached hydrogens (tertiary/aromatic N) is 1. The predicted octanol–water partition coefficient (Wildman–Crippen LogP) is 5.82. The maximum absolute atomic E-state index is 13.9. The first-order chi connectivity index (χ1) is 17.4. The molecule has 1 fully saturated rings. The number of thioether (sulfide) groups is 1. The van der Waals surface area contributed by atoms with Gasteiger partial charge in [0.15, 0.2) is 11.5 Å². The summed E-state index contributed by atoms with van der Waals surface area (Å²) in [5.74, 6) is -1.17. The number of halogens is 2. The van der Waals surface area contributed by atoms with Gasteiger partial charge in [-0.1, -0.05) is 29.8 Å². The number of benzene rings is 3. The van der Waals surface area contributed by atoms with Crippen LogP contribution in [0.25, 0.3) is 6.08 Å². The average molecular weight is 528 g/mol. The highest BCUT2D eigenvalue weighted by Gasteiger charge is 2.34. The topological polar surface area (TPSA) is 82.1 Å². The number of rotatable bonds is 8. The van der Waals surface area contributed by atoms with Gasteiger partial charge in [-0.05, 0) is 71.9 Å². The molecule has 0 N–H and O–H groups in total. The van der Waals surface area contributed by atoms with Crippen LogP contribution in [0.2, 0.25) is 5.02 Å². The number of carbonyl (C=O) groups excluding carboxylic acids is 3. The SMILES string of the molecule is COc1cc(/C=C2\SC(=O)N(CCOc3ccc(Cl)cc3)C2=O)ccc1OC(=O)c1ccccc1F. The fourth-order valence-corrected chi connectivity index (χ4v) is 4.26. The van der Waals surface area contributed by atoms with Gasteiger partial charge in [-0.3, -0.25) is 14.5 Å². The highest BCUT2D eigenvalue weighted by atomic mass is 35.5. The molecule has 0 atom stereocenters. The molecule has 3 aromatic rings. The van der Waals surface area contributed by atoms with Crippen molar-refractivity contribution < 1.29 is 33.0 Å². The lowest BCUT2D eigenvalue weighted by atomic mass is 10.1. The smallest absolute Gasteiger partial charge is 0.346 e. The van der Waals surface area contributed by atoms with Crippen LogP contribution >= 0.6 is 23.4 Å². The van der Waals surface area contributed by atoms with Crippen molar-refractivity contribution in [3.8, 4) is 17.2 Å². The molecule has 0 aromatic heterocycles. The number of hydrogen-bond acceptors (Lipinski definition) is 7. The van der Waals surface area contributed by atoms with E-state index in [0.29, 0.717) is 16.3 Å². The Kier molecular flexibility index (Phi) is 7.92. The van der Waals surface area contributed by atoms with Crippen LogP contribution in [-0.4, -0.2) is 42.3 Å². The molecule has 184 valence electrons. The minimum absolute atomic E-state index is 0.0790. The standard InChI is InChI=1S/C26H19ClFNO6S/c1-33-22-14-16(6-11-21(22)35-25(31)19-4-2-3-5-20(19)28)15-23-24(30)29(26(32)36-23)12-13-34-18-9-7-17(27)8-10-18/h2-11,14-15H,12-13H2,1H3/b23-15-. The molecule has 0 radical (unpaired) electrons. The Bertz CT molecular complexity index is 1340. The van der Waals surface area contributed by atoms with Crippen molar-refractivity contribution in [2.24, 2.45) is 0 Å².